The molecule has 1 unspecified atom stereocenters. The first kappa shape index (κ1) is 14.2. The minimum atomic E-state index is -0.502. The van der Waals surface area contributed by atoms with Crippen LogP contribution in [0.3, 0.4) is 0 Å². The van der Waals surface area contributed by atoms with Crippen molar-refractivity contribution in [3.8, 4) is 5.75 Å². The predicted molar refractivity (Wildman–Crippen MR) is 84.1 cm³/mol. The van der Waals surface area contributed by atoms with Gasteiger partial charge in [-0.2, -0.15) is 0 Å². The second kappa shape index (κ2) is 5.90. The third-order valence-electron chi connectivity index (χ3n) is 3.00. The average molecular weight is 323 g/mol. The van der Waals surface area contributed by atoms with Gasteiger partial charge in [-0.05, 0) is 18.2 Å². The Morgan fingerprint density at radius 3 is 3.14 bits per heavy atom. The number of anilines is 1. The molecule has 8 heteroatoms. The number of nitrogens with one attached hydrogen (secondary N) is 2. The molecule has 6 nitrogen and oxygen atoms in total. The lowest BCUT2D eigenvalue weighted by Gasteiger charge is -2.21. The average Bonchev–Trinajstić information content (AvgIpc) is 2.88. The number of thioether (sulfide) groups is 1. The summed E-state index contributed by atoms with van der Waals surface area (Å²) in [5.74, 6) is 1.39. The summed E-state index contributed by atoms with van der Waals surface area (Å²) >= 11 is 2.83. The van der Waals surface area contributed by atoms with Crippen molar-refractivity contribution in [2.75, 3.05) is 23.9 Å². The molecule has 21 heavy (non-hydrogen) atoms. The van der Waals surface area contributed by atoms with Crippen molar-refractivity contribution in [1.82, 2.24) is 10.3 Å². The Labute approximate surface area is 129 Å². The number of methoxy groups -OCH3 is 1. The van der Waals surface area contributed by atoms with Crippen molar-refractivity contribution >= 4 is 50.3 Å². The van der Waals surface area contributed by atoms with E-state index in [1.807, 2.05) is 18.2 Å². The zero-order valence-corrected chi connectivity index (χ0v) is 12.8. The first-order valence-corrected chi connectivity index (χ1v) is 8.25. The second-order valence-electron chi connectivity index (χ2n) is 4.48. The number of nitrogens with zero attached hydrogens (tertiary/aromatic N) is 1. The first-order chi connectivity index (χ1) is 10.2. The number of carbonyl (C=O) groups excluding carboxylic acids is 2. The Morgan fingerprint density at radius 2 is 2.38 bits per heavy atom. The van der Waals surface area contributed by atoms with Gasteiger partial charge >= 0.3 is 0 Å². The summed E-state index contributed by atoms with van der Waals surface area (Å²) in [5, 5.41) is 5.95. The van der Waals surface area contributed by atoms with Gasteiger partial charge in [-0.3, -0.25) is 9.59 Å². The van der Waals surface area contributed by atoms with Crippen LogP contribution < -0.4 is 15.4 Å². The minimum absolute atomic E-state index is 0.111. The molecule has 1 aromatic carbocycles. The number of amides is 2. The molecule has 0 spiro atoms. The van der Waals surface area contributed by atoms with Gasteiger partial charge in [0.25, 0.3) is 0 Å². The third kappa shape index (κ3) is 3.11. The Balaban J connectivity index is 1.75. The normalized spacial score (nSPS) is 18.3. The fourth-order valence-electron chi connectivity index (χ4n) is 1.97. The molecule has 0 radical (unpaired) electrons. The molecular formula is C13H13N3O3S2. The monoisotopic (exact) mass is 323 g/mol. The Kier molecular flexibility index (Phi) is 3.98. The van der Waals surface area contributed by atoms with Gasteiger partial charge in [-0.1, -0.05) is 11.3 Å². The lowest BCUT2D eigenvalue weighted by atomic mass is 10.3. The summed E-state index contributed by atoms with van der Waals surface area (Å²) in [6, 6.07) is 5.04. The zero-order chi connectivity index (χ0) is 14.8. The standard InChI is InChI=1S/C13H13N3O3S2/c1-19-7-2-3-8-10(4-7)21-13(15-8)16-12(18)9-5-20-6-11(17)14-9/h2-4,9H,5-6H2,1H3,(H,14,17)(H,15,16,18). The molecule has 2 heterocycles. The van der Waals surface area contributed by atoms with Crippen LogP contribution in [-0.4, -0.2) is 41.5 Å². The zero-order valence-electron chi connectivity index (χ0n) is 11.2. The highest BCUT2D eigenvalue weighted by molar-refractivity contribution is 8.00. The van der Waals surface area contributed by atoms with E-state index in [4.69, 9.17) is 4.74 Å². The molecule has 110 valence electrons. The highest BCUT2D eigenvalue weighted by Crippen LogP contribution is 2.29. The lowest BCUT2D eigenvalue weighted by molar-refractivity contribution is -0.124. The van der Waals surface area contributed by atoms with Crippen LogP contribution in [0.1, 0.15) is 0 Å². The minimum Gasteiger partial charge on any atom is -0.497 e. The maximum Gasteiger partial charge on any atom is 0.249 e. The maximum absolute atomic E-state index is 12.1. The number of rotatable bonds is 3. The molecule has 1 aliphatic heterocycles. The van der Waals surface area contributed by atoms with E-state index in [2.05, 4.69) is 15.6 Å². The van der Waals surface area contributed by atoms with Crippen LogP contribution in [-0.2, 0) is 9.59 Å². The van der Waals surface area contributed by atoms with Crippen molar-refractivity contribution in [2.24, 2.45) is 0 Å². The van der Waals surface area contributed by atoms with Crippen molar-refractivity contribution in [3.05, 3.63) is 18.2 Å². The molecule has 0 aliphatic carbocycles. The molecule has 1 atom stereocenters. The molecular weight excluding hydrogens is 310 g/mol. The van der Waals surface area contributed by atoms with Crippen molar-refractivity contribution in [1.29, 1.82) is 0 Å². The number of benzene rings is 1. The number of hydrogen-bond donors (Lipinski definition) is 2. The van der Waals surface area contributed by atoms with E-state index in [0.29, 0.717) is 16.6 Å². The predicted octanol–water partition coefficient (Wildman–Crippen LogP) is 1.47. The summed E-state index contributed by atoms with van der Waals surface area (Å²) in [5.41, 5.74) is 0.804. The fraction of sp³-hybridized carbons (Fsp3) is 0.308. The Hall–Kier alpha value is -1.80. The molecule has 1 aliphatic rings. The lowest BCUT2D eigenvalue weighted by Crippen LogP contribution is -2.49. The summed E-state index contributed by atoms with van der Waals surface area (Å²) in [6.45, 7) is 0. The molecule has 3 rings (SSSR count). The fourth-order valence-corrected chi connectivity index (χ4v) is 3.72. The van der Waals surface area contributed by atoms with Crippen LogP contribution in [0, 0.1) is 0 Å². The summed E-state index contributed by atoms with van der Waals surface area (Å²) in [6.07, 6.45) is 0. The highest BCUT2D eigenvalue weighted by atomic mass is 32.2. The van der Waals surface area contributed by atoms with Gasteiger partial charge in [0.15, 0.2) is 5.13 Å². The Bertz CT molecular complexity index is 701. The van der Waals surface area contributed by atoms with Gasteiger partial charge in [-0.25, -0.2) is 4.98 Å². The van der Waals surface area contributed by atoms with Gasteiger partial charge in [0.1, 0.15) is 11.8 Å². The topological polar surface area (TPSA) is 80.3 Å². The molecule has 1 saturated heterocycles. The molecule has 2 amide bonds. The van der Waals surface area contributed by atoms with E-state index < -0.39 is 6.04 Å². The van der Waals surface area contributed by atoms with E-state index in [9.17, 15) is 9.59 Å². The van der Waals surface area contributed by atoms with Crippen molar-refractivity contribution in [3.63, 3.8) is 0 Å². The van der Waals surface area contributed by atoms with Gasteiger partial charge in [0, 0.05) is 5.75 Å². The van der Waals surface area contributed by atoms with Crippen LogP contribution in [0.25, 0.3) is 10.2 Å². The van der Waals surface area contributed by atoms with Crippen LogP contribution in [0.5, 0.6) is 5.75 Å². The maximum atomic E-state index is 12.1. The van der Waals surface area contributed by atoms with Crippen molar-refractivity contribution in [2.45, 2.75) is 6.04 Å². The number of thiazole rings is 1. The molecule has 0 saturated carbocycles. The van der Waals surface area contributed by atoms with Crippen molar-refractivity contribution < 1.29 is 14.3 Å². The van der Waals surface area contributed by atoms with Crippen LogP contribution in [0.2, 0.25) is 0 Å². The smallest absolute Gasteiger partial charge is 0.249 e. The second-order valence-corrected chi connectivity index (χ2v) is 6.54. The molecule has 1 aromatic heterocycles. The molecule has 1 fully saturated rings. The molecule has 2 aromatic rings. The quantitative estimate of drug-likeness (QED) is 0.894. The molecule has 2 N–H and O–H groups in total. The summed E-state index contributed by atoms with van der Waals surface area (Å²) in [4.78, 5) is 27.8. The van der Waals surface area contributed by atoms with E-state index in [1.54, 1.807) is 7.11 Å². The van der Waals surface area contributed by atoms with E-state index in [-0.39, 0.29) is 11.8 Å². The number of hydrogen-bond acceptors (Lipinski definition) is 6. The SMILES string of the molecule is COc1ccc2nc(NC(=O)C3CSCC(=O)N3)sc2c1. The number of fused-ring (bicyclic) bond motifs is 1. The van der Waals surface area contributed by atoms with Crippen LogP contribution in [0.15, 0.2) is 18.2 Å². The van der Waals surface area contributed by atoms with E-state index >= 15 is 0 Å². The van der Waals surface area contributed by atoms with Gasteiger partial charge in [0.05, 0.1) is 23.1 Å². The number of carbonyl (C=O) groups is 2. The van der Waals surface area contributed by atoms with Gasteiger partial charge < -0.3 is 15.4 Å². The van der Waals surface area contributed by atoms with Gasteiger partial charge in [-0.15, -0.1) is 11.8 Å². The highest BCUT2D eigenvalue weighted by Gasteiger charge is 2.25. The van der Waals surface area contributed by atoms with Crippen LogP contribution >= 0.6 is 23.1 Å². The van der Waals surface area contributed by atoms with E-state index in [1.165, 1.54) is 23.1 Å². The Morgan fingerprint density at radius 1 is 1.52 bits per heavy atom. The third-order valence-corrected chi connectivity index (χ3v) is 4.96. The largest absolute Gasteiger partial charge is 0.497 e. The molecule has 0 bridgehead atoms. The summed E-state index contributed by atoms with van der Waals surface area (Å²) in [7, 11) is 1.61. The van der Waals surface area contributed by atoms with Crippen LogP contribution in [0.4, 0.5) is 5.13 Å². The summed E-state index contributed by atoms with van der Waals surface area (Å²) < 4.78 is 6.10. The first-order valence-electron chi connectivity index (χ1n) is 6.28. The number of aromatic nitrogens is 1. The van der Waals surface area contributed by atoms with Gasteiger partial charge in [0.2, 0.25) is 11.8 Å². The number of ether oxygens (including phenoxy) is 1. The van der Waals surface area contributed by atoms with E-state index in [0.717, 1.165) is 16.0 Å².